The van der Waals surface area contributed by atoms with Gasteiger partial charge in [-0.2, -0.15) is 8.42 Å². The van der Waals surface area contributed by atoms with Crippen LogP contribution in [0.5, 0.6) is 5.75 Å². The Bertz CT molecular complexity index is 486. The van der Waals surface area contributed by atoms with E-state index in [2.05, 4.69) is 16.2 Å². The fourth-order valence-corrected chi connectivity index (χ4v) is 1.06. The summed E-state index contributed by atoms with van der Waals surface area (Å²) in [5.41, 5.74) is 5.85. The van der Waals surface area contributed by atoms with Gasteiger partial charge in [0.25, 0.3) is 0 Å². The third kappa shape index (κ3) is 13.2. The number of hydrogen-bond acceptors (Lipinski definition) is 5. The maximum Gasteiger partial charge on any atom is 0.524 e. The van der Waals surface area contributed by atoms with Gasteiger partial charge >= 0.3 is 17.0 Å². The van der Waals surface area contributed by atoms with Crippen LogP contribution in [0.25, 0.3) is 0 Å². The average molecular weight is 303 g/mol. The van der Waals surface area contributed by atoms with E-state index in [-0.39, 0.29) is 5.75 Å². The molecule has 0 fully saturated rings. The monoisotopic (exact) mass is 303 g/mol. The number of phosphoric acid groups is 1. The number of hydrogen-bond donors (Lipinski definition) is 5. The molecule has 0 saturated heterocycles. The summed E-state index contributed by atoms with van der Waals surface area (Å²) in [4.78, 5) is 16.8. The van der Waals surface area contributed by atoms with Crippen molar-refractivity contribution in [1.82, 2.24) is 0 Å². The normalized spacial score (nSPS) is 11.3. The lowest BCUT2D eigenvalue weighted by atomic mass is 10.3. The van der Waals surface area contributed by atoms with Crippen molar-refractivity contribution in [2.75, 3.05) is 5.73 Å². The Balaban J connectivity index is 0.000000437. The summed E-state index contributed by atoms with van der Waals surface area (Å²) in [6.45, 7) is 0. The van der Waals surface area contributed by atoms with Crippen LogP contribution in [0.15, 0.2) is 24.3 Å². The summed E-state index contributed by atoms with van der Waals surface area (Å²) in [7, 11) is -8.42. The zero-order chi connectivity index (χ0) is 13.7. The Morgan fingerprint density at radius 3 is 1.88 bits per heavy atom. The van der Waals surface area contributed by atoms with E-state index in [0.29, 0.717) is 5.69 Å². The quantitative estimate of drug-likeness (QED) is 0.174. The van der Waals surface area contributed by atoms with Gasteiger partial charge in [0.2, 0.25) is 0 Å². The third-order valence-electron chi connectivity index (χ3n) is 1.10. The summed E-state index contributed by atoms with van der Waals surface area (Å²) in [5, 5.41) is 0. The van der Waals surface area contributed by atoms with E-state index >= 15 is 0 Å². The van der Waals surface area contributed by atoms with Crippen molar-refractivity contribution in [3.05, 3.63) is 24.3 Å². The lowest BCUT2D eigenvalue weighted by Gasteiger charge is -2.05. The molecule has 0 bridgehead atoms. The Hall–Kier alpha value is -0.770. The molecule has 0 radical (unpaired) electrons. The zero-order valence-electron chi connectivity index (χ0n) is 8.16. The SMILES string of the molecule is Nc1ccc(OP(=O)(O)O)cc1.O=S(=O)(O)S. The molecule has 0 aromatic heterocycles. The Labute approximate surface area is 102 Å². The molecular formula is C6H10NO7PS2. The van der Waals surface area contributed by atoms with E-state index in [9.17, 15) is 4.57 Å². The standard InChI is InChI=1S/C6H8NO4P.H2O3S2/c7-5-1-3-6(4-2-5)11-12(8,9)10;1-5(2,3)4/h1-4H,7H2,(H2,8,9,10);(H2,1,2,3,4). The van der Waals surface area contributed by atoms with Crippen LogP contribution in [0.1, 0.15) is 0 Å². The molecular weight excluding hydrogens is 293 g/mol. The number of anilines is 1. The minimum absolute atomic E-state index is 0.0949. The summed E-state index contributed by atoms with van der Waals surface area (Å²) >= 11 is 2.65. The van der Waals surface area contributed by atoms with Gasteiger partial charge in [-0.3, -0.25) is 14.3 Å². The van der Waals surface area contributed by atoms with Crippen molar-refractivity contribution < 1.29 is 31.8 Å². The van der Waals surface area contributed by atoms with Crippen LogP contribution in [0, 0.1) is 0 Å². The minimum atomic E-state index is -4.44. The van der Waals surface area contributed by atoms with E-state index in [4.69, 9.17) is 28.5 Å². The molecule has 98 valence electrons. The molecule has 0 atom stereocenters. The lowest BCUT2D eigenvalue weighted by molar-refractivity contribution is 0.283. The highest BCUT2D eigenvalue weighted by molar-refractivity contribution is 8.61. The summed E-state index contributed by atoms with van der Waals surface area (Å²) < 4.78 is 40.1. The average Bonchev–Trinajstić information content (AvgIpc) is 2.03. The van der Waals surface area contributed by atoms with Gasteiger partial charge in [-0.1, -0.05) is 0 Å². The fraction of sp³-hybridized carbons (Fsp3) is 0. The molecule has 0 heterocycles. The number of nitrogen functional groups attached to an aromatic ring is 1. The third-order valence-corrected chi connectivity index (χ3v) is 1.55. The highest BCUT2D eigenvalue weighted by Crippen LogP contribution is 2.37. The maximum atomic E-state index is 10.3. The van der Waals surface area contributed by atoms with Crippen molar-refractivity contribution in [2.24, 2.45) is 0 Å². The minimum Gasteiger partial charge on any atom is -0.404 e. The molecule has 0 spiro atoms. The largest absolute Gasteiger partial charge is 0.524 e. The maximum absolute atomic E-state index is 10.3. The molecule has 1 aromatic carbocycles. The second-order valence-electron chi connectivity index (χ2n) is 2.60. The zero-order valence-corrected chi connectivity index (χ0v) is 10.8. The lowest BCUT2D eigenvalue weighted by Crippen LogP contribution is -1.90. The molecule has 0 aliphatic carbocycles. The van der Waals surface area contributed by atoms with Gasteiger partial charge in [-0.25, -0.2) is 4.57 Å². The predicted molar refractivity (Wildman–Crippen MR) is 64.1 cm³/mol. The topological polar surface area (TPSA) is 147 Å². The Kier molecular flexibility index (Phi) is 5.96. The second-order valence-corrected chi connectivity index (χ2v) is 6.04. The van der Waals surface area contributed by atoms with Gasteiger partial charge in [0.1, 0.15) is 5.75 Å². The molecule has 11 heteroatoms. The number of thiol groups is 1. The van der Waals surface area contributed by atoms with E-state index in [1.54, 1.807) is 0 Å². The molecule has 1 rings (SSSR count). The Morgan fingerprint density at radius 1 is 1.24 bits per heavy atom. The van der Waals surface area contributed by atoms with Crippen molar-refractivity contribution in [3.63, 3.8) is 0 Å². The molecule has 0 aliphatic heterocycles. The molecule has 0 aliphatic rings. The van der Waals surface area contributed by atoms with E-state index in [1.165, 1.54) is 24.3 Å². The predicted octanol–water partition coefficient (Wildman–Crippen LogP) is 0.459. The second kappa shape index (κ2) is 6.24. The molecule has 0 saturated carbocycles. The van der Waals surface area contributed by atoms with Crippen molar-refractivity contribution in [1.29, 1.82) is 0 Å². The number of nitrogens with two attached hydrogens (primary N) is 1. The number of rotatable bonds is 2. The van der Waals surface area contributed by atoms with Crippen LogP contribution in [-0.2, 0) is 13.7 Å². The first kappa shape index (κ1) is 16.2. The smallest absolute Gasteiger partial charge is 0.404 e. The van der Waals surface area contributed by atoms with Crippen LogP contribution in [-0.4, -0.2) is 22.8 Å². The molecule has 0 amide bonds. The molecule has 1 aromatic rings. The van der Waals surface area contributed by atoms with Crippen LogP contribution in [0.3, 0.4) is 0 Å². The highest BCUT2D eigenvalue weighted by atomic mass is 33.1. The van der Waals surface area contributed by atoms with Gasteiger partial charge in [0.05, 0.1) is 0 Å². The summed E-state index contributed by atoms with van der Waals surface area (Å²) in [6.07, 6.45) is 0. The van der Waals surface area contributed by atoms with Crippen molar-refractivity contribution in [3.8, 4) is 5.75 Å². The van der Waals surface area contributed by atoms with Crippen LogP contribution >= 0.6 is 19.5 Å². The van der Waals surface area contributed by atoms with Gasteiger partial charge < -0.3 is 10.3 Å². The fourth-order valence-electron chi connectivity index (χ4n) is 0.666. The summed E-state index contributed by atoms with van der Waals surface area (Å²) in [6, 6.07) is 5.75. The number of phosphoric ester groups is 1. The van der Waals surface area contributed by atoms with Gasteiger partial charge in [0, 0.05) is 5.69 Å². The highest BCUT2D eigenvalue weighted by Gasteiger charge is 2.14. The molecule has 17 heavy (non-hydrogen) atoms. The van der Waals surface area contributed by atoms with E-state index in [1.807, 2.05) is 0 Å². The van der Waals surface area contributed by atoms with Gasteiger partial charge in [-0.05, 0) is 35.9 Å². The van der Waals surface area contributed by atoms with Gasteiger partial charge in [0.15, 0.2) is 0 Å². The van der Waals surface area contributed by atoms with Crippen LogP contribution < -0.4 is 10.3 Å². The van der Waals surface area contributed by atoms with Crippen molar-refractivity contribution >= 4 is 34.3 Å². The molecule has 8 nitrogen and oxygen atoms in total. The van der Waals surface area contributed by atoms with Crippen LogP contribution in [0.2, 0.25) is 0 Å². The van der Waals surface area contributed by atoms with Crippen LogP contribution in [0.4, 0.5) is 5.69 Å². The molecule has 5 N–H and O–H groups in total. The first-order valence-corrected chi connectivity index (χ1v) is 7.80. The number of benzene rings is 1. The first-order chi connectivity index (χ1) is 7.47. The molecule has 0 unspecified atom stereocenters. The first-order valence-electron chi connectivity index (χ1n) is 3.78. The summed E-state index contributed by atoms with van der Waals surface area (Å²) in [5.74, 6) is 0.0949. The Morgan fingerprint density at radius 2 is 1.59 bits per heavy atom. The van der Waals surface area contributed by atoms with Crippen molar-refractivity contribution in [2.45, 2.75) is 0 Å². The van der Waals surface area contributed by atoms with E-state index < -0.39 is 17.0 Å². The van der Waals surface area contributed by atoms with E-state index in [0.717, 1.165) is 0 Å². The van der Waals surface area contributed by atoms with Gasteiger partial charge in [-0.15, -0.1) is 0 Å².